The fraction of sp³-hybridized carbons (Fsp3) is 0.824. The highest BCUT2D eigenvalue weighted by Crippen LogP contribution is 2.25. The van der Waals surface area contributed by atoms with Crippen molar-refractivity contribution in [2.45, 2.75) is 51.9 Å². The van der Waals surface area contributed by atoms with Crippen LogP contribution < -0.4 is 5.32 Å². The van der Waals surface area contributed by atoms with Crippen molar-refractivity contribution in [3.8, 4) is 0 Å². The summed E-state index contributed by atoms with van der Waals surface area (Å²) in [7, 11) is 0. The topological polar surface area (TPSA) is 89.4 Å². The van der Waals surface area contributed by atoms with Gasteiger partial charge < -0.3 is 15.3 Å². The van der Waals surface area contributed by atoms with Crippen molar-refractivity contribution in [3.63, 3.8) is 0 Å². The quantitative estimate of drug-likeness (QED) is 0.497. The SMILES string of the molecule is CCCC(CCO)CN=C(NCC)N1CCC(c2ncn[nH]2)CC1. The number of aromatic amines is 1. The molecule has 3 N–H and O–H groups in total. The molecule has 2 heterocycles. The predicted molar refractivity (Wildman–Crippen MR) is 96.0 cm³/mol. The van der Waals surface area contributed by atoms with Gasteiger partial charge in [0, 0.05) is 38.7 Å². The second kappa shape index (κ2) is 10.3. The molecule has 1 unspecified atom stereocenters. The largest absolute Gasteiger partial charge is 0.396 e. The molecule has 1 aromatic rings. The predicted octanol–water partition coefficient (Wildman–Crippen LogP) is 1.75. The van der Waals surface area contributed by atoms with Crippen molar-refractivity contribution in [2.24, 2.45) is 10.9 Å². The third-order valence-corrected chi connectivity index (χ3v) is 4.68. The molecule has 1 aliphatic heterocycles. The maximum Gasteiger partial charge on any atom is 0.193 e. The molecule has 136 valence electrons. The number of guanidine groups is 1. The molecule has 0 aliphatic carbocycles. The Morgan fingerprint density at radius 3 is 2.79 bits per heavy atom. The zero-order valence-electron chi connectivity index (χ0n) is 15.0. The van der Waals surface area contributed by atoms with Crippen molar-refractivity contribution >= 4 is 5.96 Å². The zero-order valence-corrected chi connectivity index (χ0v) is 15.0. The van der Waals surface area contributed by atoms with Crippen molar-refractivity contribution < 1.29 is 5.11 Å². The smallest absolute Gasteiger partial charge is 0.193 e. The van der Waals surface area contributed by atoms with Crippen molar-refractivity contribution in [3.05, 3.63) is 12.2 Å². The van der Waals surface area contributed by atoms with Crippen molar-refractivity contribution in [1.29, 1.82) is 0 Å². The third-order valence-electron chi connectivity index (χ3n) is 4.68. The van der Waals surface area contributed by atoms with E-state index in [4.69, 9.17) is 4.99 Å². The molecule has 7 heteroatoms. The highest BCUT2D eigenvalue weighted by atomic mass is 16.3. The first kappa shape index (κ1) is 18.7. The van der Waals surface area contributed by atoms with E-state index in [9.17, 15) is 5.11 Å². The van der Waals surface area contributed by atoms with Gasteiger partial charge in [0.25, 0.3) is 0 Å². The summed E-state index contributed by atoms with van der Waals surface area (Å²) in [5.41, 5.74) is 0. The number of nitrogens with zero attached hydrogens (tertiary/aromatic N) is 4. The summed E-state index contributed by atoms with van der Waals surface area (Å²) < 4.78 is 0. The Labute approximate surface area is 145 Å². The molecular weight excluding hydrogens is 304 g/mol. The average molecular weight is 336 g/mol. The van der Waals surface area contributed by atoms with Gasteiger partial charge in [0.2, 0.25) is 0 Å². The normalized spacial score (nSPS) is 18.0. The Morgan fingerprint density at radius 2 is 2.21 bits per heavy atom. The van der Waals surface area contributed by atoms with Gasteiger partial charge in [0.05, 0.1) is 0 Å². The highest BCUT2D eigenvalue weighted by Gasteiger charge is 2.24. The molecule has 0 bridgehead atoms. The van der Waals surface area contributed by atoms with Crippen LogP contribution in [0.3, 0.4) is 0 Å². The molecule has 2 rings (SSSR count). The zero-order chi connectivity index (χ0) is 17.2. The van der Waals surface area contributed by atoms with E-state index >= 15 is 0 Å². The molecule has 0 spiro atoms. The molecule has 0 amide bonds. The lowest BCUT2D eigenvalue weighted by Gasteiger charge is -2.33. The number of H-pyrrole nitrogens is 1. The van der Waals surface area contributed by atoms with E-state index < -0.39 is 0 Å². The minimum absolute atomic E-state index is 0.249. The standard InChI is InChI=1S/C17H32N6O/c1-3-5-14(8-11-24)12-19-17(18-4-2)23-9-6-15(7-10-23)16-20-13-21-22-16/h13-15,24H,3-12H2,1-2H3,(H,18,19)(H,20,21,22). The van der Waals surface area contributed by atoms with Gasteiger partial charge in [-0.05, 0) is 38.5 Å². The maximum atomic E-state index is 9.21. The van der Waals surface area contributed by atoms with E-state index in [0.717, 1.165) is 70.1 Å². The van der Waals surface area contributed by atoms with Gasteiger partial charge in [-0.3, -0.25) is 10.1 Å². The number of nitrogens with one attached hydrogen (secondary N) is 2. The molecule has 7 nitrogen and oxygen atoms in total. The molecule has 0 aromatic carbocycles. The van der Waals surface area contributed by atoms with Crippen LogP contribution in [0.2, 0.25) is 0 Å². The minimum atomic E-state index is 0.249. The first-order chi connectivity index (χ1) is 11.8. The van der Waals surface area contributed by atoms with E-state index in [1.807, 2.05) is 0 Å². The van der Waals surface area contributed by atoms with Crippen molar-refractivity contribution in [2.75, 3.05) is 32.8 Å². The number of aromatic nitrogens is 3. The molecular formula is C17H32N6O. The Balaban J connectivity index is 1.91. The summed E-state index contributed by atoms with van der Waals surface area (Å²) in [5, 5.41) is 19.6. The summed E-state index contributed by atoms with van der Waals surface area (Å²) in [6.45, 7) is 8.17. The lowest BCUT2D eigenvalue weighted by Crippen LogP contribution is -2.45. The number of aliphatic hydroxyl groups excluding tert-OH is 1. The van der Waals surface area contributed by atoms with Crippen LogP contribution in [0, 0.1) is 5.92 Å². The third kappa shape index (κ3) is 5.47. The molecule has 0 saturated carbocycles. The maximum absolute atomic E-state index is 9.21. The fourth-order valence-electron chi connectivity index (χ4n) is 3.34. The summed E-state index contributed by atoms with van der Waals surface area (Å²) in [6, 6.07) is 0. The second-order valence-corrected chi connectivity index (χ2v) is 6.49. The van der Waals surface area contributed by atoms with Gasteiger partial charge in [-0.2, -0.15) is 5.10 Å². The number of aliphatic hydroxyl groups is 1. The number of likely N-dealkylation sites (tertiary alicyclic amines) is 1. The summed E-state index contributed by atoms with van der Waals surface area (Å²) >= 11 is 0. The van der Waals surface area contributed by atoms with Crippen LogP contribution in [0.5, 0.6) is 0 Å². The Bertz CT molecular complexity index is 461. The Morgan fingerprint density at radius 1 is 1.42 bits per heavy atom. The number of hydrogen-bond acceptors (Lipinski definition) is 4. The van der Waals surface area contributed by atoms with E-state index in [1.54, 1.807) is 6.33 Å². The van der Waals surface area contributed by atoms with Gasteiger partial charge >= 0.3 is 0 Å². The van der Waals surface area contributed by atoms with Crippen LogP contribution in [0.4, 0.5) is 0 Å². The van der Waals surface area contributed by atoms with Crippen molar-refractivity contribution in [1.82, 2.24) is 25.4 Å². The van der Waals surface area contributed by atoms with Gasteiger partial charge in [0.1, 0.15) is 12.2 Å². The number of rotatable bonds is 8. The average Bonchev–Trinajstić information content (AvgIpc) is 3.13. The van der Waals surface area contributed by atoms with Crippen LogP contribution in [-0.4, -0.2) is 63.9 Å². The number of aliphatic imine (C=N–C) groups is 1. The van der Waals surface area contributed by atoms with E-state index in [2.05, 4.69) is 39.2 Å². The van der Waals surface area contributed by atoms with E-state index in [-0.39, 0.29) is 6.61 Å². The molecule has 1 atom stereocenters. The fourth-order valence-corrected chi connectivity index (χ4v) is 3.34. The van der Waals surface area contributed by atoms with Gasteiger partial charge in [-0.15, -0.1) is 0 Å². The first-order valence-electron chi connectivity index (χ1n) is 9.27. The van der Waals surface area contributed by atoms with Gasteiger partial charge in [-0.25, -0.2) is 4.98 Å². The van der Waals surface area contributed by atoms with Gasteiger partial charge in [0.15, 0.2) is 5.96 Å². The van der Waals surface area contributed by atoms with Crippen LogP contribution >= 0.6 is 0 Å². The lowest BCUT2D eigenvalue weighted by molar-refractivity contribution is 0.252. The number of hydrogen-bond donors (Lipinski definition) is 3. The highest BCUT2D eigenvalue weighted by molar-refractivity contribution is 5.80. The van der Waals surface area contributed by atoms with E-state index in [1.165, 1.54) is 0 Å². The van der Waals surface area contributed by atoms with Crippen LogP contribution in [0.1, 0.15) is 57.7 Å². The lowest BCUT2D eigenvalue weighted by atomic mass is 9.96. The number of piperidine rings is 1. The molecule has 0 radical (unpaired) electrons. The van der Waals surface area contributed by atoms with Crippen LogP contribution in [0.25, 0.3) is 0 Å². The van der Waals surface area contributed by atoms with Crippen LogP contribution in [0.15, 0.2) is 11.3 Å². The summed E-state index contributed by atoms with van der Waals surface area (Å²) in [6.07, 6.45) is 6.81. The Kier molecular flexibility index (Phi) is 8.01. The summed E-state index contributed by atoms with van der Waals surface area (Å²) in [4.78, 5) is 11.5. The van der Waals surface area contributed by atoms with Crippen LogP contribution in [-0.2, 0) is 0 Å². The molecule has 1 fully saturated rings. The minimum Gasteiger partial charge on any atom is -0.396 e. The second-order valence-electron chi connectivity index (χ2n) is 6.49. The molecule has 1 saturated heterocycles. The van der Waals surface area contributed by atoms with E-state index in [0.29, 0.717) is 11.8 Å². The monoisotopic (exact) mass is 336 g/mol. The van der Waals surface area contributed by atoms with Gasteiger partial charge in [-0.1, -0.05) is 13.3 Å². The first-order valence-corrected chi connectivity index (χ1v) is 9.27. The molecule has 1 aromatic heterocycles. The molecule has 24 heavy (non-hydrogen) atoms. The molecule has 1 aliphatic rings. The Hall–Kier alpha value is -1.63. The summed E-state index contributed by atoms with van der Waals surface area (Å²) in [5.74, 6) is 2.95.